The molecule has 1 aliphatic heterocycles. The third kappa shape index (κ3) is 7.85. The van der Waals surface area contributed by atoms with Crippen LogP contribution in [-0.2, 0) is 11.3 Å². The molecule has 1 saturated heterocycles. The van der Waals surface area contributed by atoms with Crippen LogP contribution in [-0.4, -0.2) is 54.5 Å². The van der Waals surface area contributed by atoms with E-state index < -0.39 is 0 Å². The van der Waals surface area contributed by atoms with Crippen molar-refractivity contribution in [3.05, 3.63) is 35.9 Å². The molecule has 1 amide bonds. The van der Waals surface area contributed by atoms with Crippen LogP contribution in [0.5, 0.6) is 0 Å². The van der Waals surface area contributed by atoms with E-state index in [9.17, 15) is 4.79 Å². The molecule has 0 spiro atoms. The van der Waals surface area contributed by atoms with E-state index in [0.29, 0.717) is 24.8 Å². The van der Waals surface area contributed by atoms with Crippen molar-refractivity contribution in [3.8, 4) is 0 Å². The summed E-state index contributed by atoms with van der Waals surface area (Å²) in [5, 5.41) is 6.94. The number of rotatable bonds is 6. The molecule has 25 heavy (non-hydrogen) atoms. The topological polar surface area (TPSA) is 56.7 Å². The Morgan fingerprint density at radius 3 is 2.76 bits per heavy atom. The lowest BCUT2D eigenvalue weighted by Gasteiger charge is -2.34. The van der Waals surface area contributed by atoms with Gasteiger partial charge in [0.25, 0.3) is 0 Å². The van der Waals surface area contributed by atoms with Gasteiger partial charge in [-0.3, -0.25) is 9.79 Å². The first-order valence-corrected chi connectivity index (χ1v) is 9.65. The highest BCUT2D eigenvalue weighted by atomic mass is 127. The summed E-state index contributed by atoms with van der Waals surface area (Å²) >= 11 is 2.04. The Bertz CT molecular complexity index is 541. The van der Waals surface area contributed by atoms with Gasteiger partial charge in [-0.1, -0.05) is 37.3 Å². The second-order valence-electron chi connectivity index (χ2n) is 5.83. The molecule has 0 aromatic heterocycles. The fraction of sp³-hybridized carbons (Fsp3) is 0.556. The van der Waals surface area contributed by atoms with Gasteiger partial charge < -0.3 is 15.5 Å². The zero-order valence-electron chi connectivity index (χ0n) is 15.0. The Balaban J connectivity index is 0.00000312. The molecule has 1 aromatic carbocycles. The van der Waals surface area contributed by atoms with E-state index in [0.717, 1.165) is 30.4 Å². The Labute approximate surface area is 172 Å². The minimum Gasteiger partial charge on any atom is -0.356 e. The first kappa shape index (κ1) is 22.1. The van der Waals surface area contributed by atoms with Crippen molar-refractivity contribution in [3.63, 3.8) is 0 Å². The van der Waals surface area contributed by atoms with Gasteiger partial charge in [-0.25, -0.2) is 0 Å². The number of thioether (sulfide) groups is 1. The van der Waals surface area contributed by atoms with Gasteiger partial charge in [-0.15, -0.1) is 24.0 Å². The maximum atomic E-state index is 12.0. The number of carbonyl (C=O) groups excluding carboxylic acids is 1. The predicted octanol–water partition coefficient (Wildman–Crippen LogP) is 2.71. The molecule has 7 heteroatoms. The molecule has 1 heterocycles. The van der Waals surface area contributed by atoms with Crippen molar-refractivity contribution in [2.45, 2.75) is 31.6 Å². The van der Waals surface area contributed by atoms with Gasteiger partial charge in [-0.05, 0) is 12.0 Å². The summed E-state index contributed by atoms with van der Waals surface area (Å²) in [7, 11) is 1.81. The number of nitrogens with one attached hydrogen (secondary N) is 2. The van der Waals surface area contributed by atoms with E-state index in [1.807, 2.05) is 42.1 Å². The van der Waals surface area contributed by atoms with Crippen molar-refractivity contribution in [1.29, 1.82) is 0 Å². The molecule has 1 unspecified atom stereocenters. The van der Waals surface area contributed by atoms with E-state index in [1.54, 1.807) is 7.05 Å². The van der Waals surface area contributed by atoms with Crippen molar-refractivity contribution in [2.24, 2.45) is 4.99 Å². The highest BCUT2D eigenvalue weighted by molar-refractivity contribution is 14.0. The van der Waals surface area contributed by atoms with Crippen molar-refractivity contribution in [2.75, 3.05) is 32.4 Å². The standard InChI is InChI=1S/C18H28N4OS.HI/c1-3-16-14-22(11-12-24-16)18(19-2)20-10-9-17(23)21-13-15-7-5-4-6-8-15;/h4-8,16H,3,9-14H2,1-2H3,(H,19,20)(H,21,23);1H. The van der Waals surface area contributed by atoms with E-state index >= 15 is 0 Å². The Kier molecular flexibility index (Phi) is 11.0. The molecule has 140 valence electrons. The lowest BCUT2D eigenvalue weighted by molar-refractivity contribution is -0.121. The fourth-order valence-electron chi connectivity index (χ4n) is 2.66. The highest BCUT2D eigenvalue weighted by Crippen LogP contribution is 2.20. The van der Waals surface area contributed by atoms with Gasteiger partial charge in [0.15, 0.2) is 5.96 Å². The molecule has 0 radical (unpaired) electrons. The van der Waals surface area contributed by atoms with Gasteiger partial charge in [-0.2, -0.15) is 11.8 Å². The molecule has 1 fully saturated rings. The van der Waals surface area contributed by atoms with Crippen LogP contribution >= 0.6 is 35.7 Å². The lowest BCUT2D eigenvalue weighted by atomic mass is 10.2. The number of carbonyl (C=O) groups is 1. The molecule has 0 saturated carbocycles. The number of benzene rings is 1. The maximum Gasteiger partial charge on any atom is 0.222 e. The Morgan fingerprint density at radius 2 is 2.08 bits per heavy atom. The molecule has 2 N–H and O–H groups in total. The molecule has 2 rings (SSSR count). The number of amides is 1. The third-order valence-corrected chi connectivity index (χ3v) is 5.45. The van der Waals surface area contributed by atoms with Crippen LogP contribution in [0.3, 0.4) is 0 Å². The fourth-order valence-corrected chi connectivity index (χ4v) is 3.84. The van der Waals surface area contributed by atoms with E-state index in [-0.39, 0.29) is 29.9 Å². The molecule has 5 nitrogen and oxygen atoms in total. The summed E-state index contributed by atoms with van der Waals surface area (Å²) in [6.07, 6.45) is 1.63. The van der Waals surface area contributed by atoms with E-state index in [1.165, 1.54) is 6.42 Å². The lowest BCUT2D eigenvalue weighted by Crippen LogP contribution is -2.48. The second kappa shape index (κ2) is 12.4. The van der Waals surface area contributed by atoms with Crippen LogP contribution in [0.4, 0.5) is 0 Å². The number of hydrogen-bond acceptors (Lipinski definition) is 3. The minimum absolute atomic E-state index is 0. The number of aliphatic imine (C=N–C) groups is 1. The summed E-state index contributed by atoms with van der Waals surface area (Å²) < 4.78 is 0. The SMILES string of the molecule is CCC1CN(C(=NC)NCCC(=O)NCc2ccccc2)CCS1.I. The number of halogens is 1. The van der Waals surface area contributed by atoms with Crippen LogP contribution < -0.4 is 10.6 Å². The summed E-state index contributed by atoms with van der Waals surface area (Å²) in [6, 6.07) is 9.96. The molecule has 0 aliphatic carbocycles. The first-order valence-electron chi connectivity index (χ1n) is 8.60. The summed E-state index contributed by atoms with van der Waals surface area (Å²) in [5.74, 6) is 2.10. The highest BCUT2D eigenvalue weighted by Gasteiger charge is 2.21. The zero-order chi connectivity index (χ0) is 17.2. The van der Waals surface area contributed by atoms with Crippen LogP contribution in [0.15, 0.2) is 35.3 Å². The minimum atomic E-state index is 0. The van der Waals surface area contributed by atoms with Gasteiger partial charge in [0.05, 0.1) is 0 Å². The van der Waals surface area contributed by atoms with Crippen LogP contribution in [0, 0.1) is 0 Å². The predicted molar refractivity (Wildman–Crippen MR) is 118 cm³/mol. The van der Waals surface area contributed by atoms with E-state index in [2.05, 4.69) is 27.4 Å². The zero-order valence-corrected chi connectivity index (χ0v) is 18.2. The molecular formula is C18H29IN4OS. The quantitative estimate of drug-likeness (QED) is 0.377. The van der Waals surface area contributed by atoms with Crippen LogP contribution in [0.1, 0.15) is 25.3 Å². The van der Waals surface area contributed by atoms with Crippen molar-refractivity contribution < 1.29 is 4.79 Å². The molecule has 1 aromatic rings. The molecular weight excluding hydrogens is 447 g/mol. The second-order valence-corrected chi connectivity index (χ2v) is 7.24. The third-order valence-electron chi connectivity index (χ3n) is 4.07. The summed E-state index contributed by atoms with van der Waals surface area (Å²) in [4.78, 5) is 18.6. The molecule has 1 atom stereocenters. The smallest absolute Gasteiger partial charge is 0.222 e. The average molecular weight is 476 g/mol. The van der Waals surface area contributed by atoms with Crippen molar-refractivity contribution in [1.82, 2.24) is 15.5 Å². The Hall–Kier alpha value is -0.960. The average Bonchev–Trinajstić information content (AvgIpc) is 2.64. The van der Waals surface area contributed by atoms with Gasteiger partial charge in [0.1, 0.15) is 0 Å². The van der Waals surface area contributed by atoms with Gasteiger partial charge in [0.2, 0.25) is 5.91 Å². The van der Waals surface area contributed by atoms with Crippen LogP contribution in [0.25, 0.3) is 0 Å². The largest absolute Gasteiger partial charge is 0.356 e. The number of hydrogen-bond donors (Lipinski definition) is 2. The monoisotopic (exact) mass is 476 g/mol. The summed E-state index contributed by atoms with van der Waals surface area (Å²) in [5.41, 5.74) is 1.12. The maximum absolute atomic E-state index is 12.0. The van der Waals surface area contributed by atoms with Crippen LogP contribution in [0.2, 0.25) is 0 Å². The summed E-state index contributed by atoms with van der Waals surface area (Å²) in [6.45, 7) is 5.46. The molecule has 0 bridgehead atoms. The normalized spacial score (nSPS) is 17.6. The molecule has 1 aliphatic rings. The number of guanidine groups is 1. The van der Waals surface area contributed by atoms with Gasteiger partial charge in [0, 0.05) is 50.7 Å². The van der Waals surface area contributed by atoms with Gasteiger partial charge >= 0.3 is 0 Å². The van der Waals surface area contributed by atoms with Crippen molar-refractivity contribution >= 4 is 47.6 Å². The Morgan fingerprint density at radius 1 is 1.32 bits per heavy atom. The van der Waals surface area contributed by atoms with E-state index in [4.69, 9.17) is 0 Å². The first-order chi connectivity index (χ1) is 11.7. The number of nitrogens with zero attached hydrogens (tertiary/aromatic N) is 2.